The van der Waals surface area contributed by atoms with Crippen LogP contribution in [-0.4, -0.2) is 52.2 Å². The number of nitrogens with zero attached hydrogens (tertiary/aromatic N) is 5. The van der Waals surface area contributed by atoms with E-state index in [1.165, 1.54) is 6.07 Å². The quantitative estimate of drug-likeness (QED) is 0.473. The van der Waals surface area contributed by atoms with Gasteiger partial charge < -0.3 is 19.9 Å². The first-order chi connectivity index (χ1) is 17.7. The number of ether oxygens (including phenoxy) is 1. The summed E-state index contributed by atoms with van der Waals surface area (Å²) in [6, 6.07) is 14.2. The molecule has 0 bridgehead atoms. The first-order valence-corrected chi connectivity index (χ1v) is 12.0. The summed E-state index contributed by atoms with van der Waals surface area (Å²) < 4.78 is 43.3. The highest BCUT2D eigenvalue weighted by molar-refractivity contribution is 5.73. The molecule has 1 aliphatic rings. The van der Waals surface area contributed by atoms with Crippen LogP contribution in [0.1, 0.15) is 36.6 Å². The normalized spacial score (nSPS) is 14.4. The first-order valence-electron chi connectivity index (χ1n) is 12.0. The third kappa shape index (κ3) is 7.08. The SMILES string of the molecule is CC(=O)N(C)C1CCN(c2ccc(CNc3ccc(OCc4ccc(C(F)(F)F)nc4)nn3)cc2)CC1. The Balaban J connectivity index is 1.22. The van der Waals surface area contributed by atoms with Crippen LogP contribution in [0.3, 0.4) is 0 Å². The Morgan fingerprint density at radius 1 is 1.05 bits per heavy atom. The molecule has 0 saturated carbocycles. The highest BCUT2D eigenvalue weighted by Gasteiger charge is 2.32. The van der Waals surface area contributed by atoms with Crippen LogP contribution in [0.2, 0.25) is 0 Å². The minimum atomic E-state index is -4.47. The number of benzene rings is 1. The van der Waals surface area contributed by atoms with Gasteiger partial charge in [0.15, 0.2) is 0 Å². The number of aromatic nitrogens is 3. The van der Waals surface area contributed by atoms with Crippen LogP contribution in [0.5, 0.6) is 5.88 Å². The molecule has 196 valence electrons. The highest BCUT2D eigenvalue weighted by atomic mass is 19.4. The minimum Gasteiger partial charge on any atom is -0.472 e. The Kier molecular flexibility index (Phi) is 8.10. The van der Waals surface area contributed by atoms with Gasteiger partial charge in [0.25, 0.3) is 0 Å². The molecule has 3 aromatic rings. The molecule has 3 heterocycles. The Morgan fingerprint density at radius 2 is 1.76 bits per heavy atom. The molecule has 2 aromatic heterocycles. The summed E-state index contributed by atoms with van der Waals surface area (Å²) in [7, 11) is 1.87. The van der Waals surface area contributed by atoms with Crippen LogP contribution in [-0.2, 0) is 24.1 Å². The standard InChI is InChI=1S/C26H29F3N6O2/c1-18(36)34(2)21-11-13-35(14-12-21)22-6-3-19(4-7-22)15-31-24-9-10-25(33-32-24)37-17-20-5-8-23(30-16-20)26(27,28)29/h3-10,16,21H,11-15,17H2,1-2H3,(H,31,32). The molecule has 1 aliphatic heterocycles. The average Bonchev–Trinajstić information content (AvgIpc) is 2.91. The lowest BCUT2D eigenvalue weighted by molar-refractivity contribution is -0.141. The van der Waals surface area contributed by atoms with E-state index in [0.717, 1.165) is 49.4 Å². The van der Waals surface area contributed by atoms with Gasteiger partial charge in [-0.15, -0.1) is 10.2 Å². The smallest absolute Gasteiger partial charge is 0.433 e. The summed E-state index contributed by atoms with van der Waals surface area (Å²) >= 11 is 0. The number of carbonyl (C=O) groups excluding carboxylic acids is 1. The van der Waals surface area contributed by atoms with Gasteiger partial charge in [-0.1, -0.05) is 18.2 Å². The number of halogens is 3. The first kappa shape index (κ1) is 26.2. The van der Waals surface area contributed by atoms with E-state index in [9.17, 15) is 18.0 Å². The van der Waals surface area contributed by atoms with E-state index in [4.69, 9.17) is 4.74 Å². The van der Waals surface area contributed by atoms with E-state index in [0.29, 0.717) is 24.0 Å². The lowest BCUT2D eigenvalue weighted by Crippen LogP contribution is -2.45. The van der Waals surface area contributed by atoms with Crippen LogP contribution in [0.4, 0.5) is 24.7 Å². The molecule has 8 nitrogen and oxygen atoms in total. The lowest BCUT2D eigenvalue weighted by atomic mass is 10.0. The number of nitrogens with one attached hydrogen (secondary N) is 1. The zero-order valence-corrected chi connectivity index (χ0v) is 20.7. The Labute approximate surface area is 213 Å². The van der Waals surface area contributed by atoms with Crippen molar-refractivity contribution < 1.29 is 22.7 Å². The zero-order valence-electron chi connectivity index (χ0n) is 20.7. The van der Waals surface area contributed by atoms with Crippen molar-refractivity contribution >= 4 is 17.4 Å². The summed E-state index contributed by atoms with van der Waals surface area (Å²) in [6.07, 6.45) is -1.42. The van der Waals surface area contributed by atoms with Gasteiger partial charge in [-0.25, -0.2) is 0 Å². The molecule has 1 fully saturated rings. The van der Waals surface area contributed by atoms with Crippen molar-refractivity contribution in [3.05, 3.63) is 71.5 Å². The van der Waals surface area contributed by atoms with E-state index < -0.39 is 11.9 Å². The number of hydrogen-bond acceptors (Lipinski definition) is 7. The third-order valence-corrected chi connectivity index (χ3v) is 6.43. The molecule has 0 radical (unpaired) electrons. The monoisotopic (exact) mass is 514 g/mol. The summed E-state index contributed by atoms with van der Waals surface area (Å²) in [4.78, 5) is 19.2. The molecule has 1 saturated heterocycles. The molecule has 1 amide bonds. The predicted octanol–water partition coefficient (Wildman–Crippen LogP) is 4.53. The van der Waals surface area contributed by atoms with Crippen molar-refractivity contribution in [1.29, 1.82) is 0 Å². The van der Waals surface area contributed by atoms with Gasteiger partial charge >= 0.3 is 6.18 Å². The maximum atomic E-state index is 12.6. The number of pyridine rings is 1. The Morgan fingerprint density at radius 3 is 2.32 bits per heavy atom. The average molecular weight is 515 g/mol. The topological polar surface area (TPSA) is 83.5 Å². The molecule has 1 N–H and O–H groups in total. The fourth-order valence-electron chi connectivity index (χ4n) is 4.11. The number of anilines is 2. The van der Waals surface area contributed by atoms with Crippen molar-refractivity contribution in [3.8, 4) is 5.88 Å². The second kappa shape index (κ2) is 11.4. The number of carbonyl (C=O) groups is 1. The second-order valence-electron chi connectivity index (χ2n) is 8.96. The van der Waals surface area contributed by atoms with Gasteiger partial charge in [0, 0.05) is 63.2 Å². The van der Waals surface area contributed by atoms with Crippen molar-refractivity contribution in [3.63, 3.8) is 0 Å². The maximum absolute atomic E-state index is 12.6. The summed E-state index contributed by atoms with van der Waals surface area (Å²) in [5.74, 6) is 0.940. The molecule has 37 heavy (non-hydrogen) atoms. The summed E-state index contributed by atoms with van der Waals surface area (Å²) in [5.41, 5.74) is 1.80. The van der Waals surface area contributed by atoms with Gasteiger partial charge in [0.1, 0.15) is 18.1 Å². The van der Waals surface area contributed by atoms with Crippen LogP contribution >= 0.6 is 0 Å². The molecule has 0 spiro atoms. The fourth-order valence-corrected chi connectivity index (χ4v) is 4.11. The van der Waals surface area contributed by atoms with Crippen molar-refractivity contribution in [2.75, 3.05) is 30.4 Å². The van der Waals surface area contributed by atoms with Crippen molar-refractivity contribution in [1.82, 2.24) is 20.1 Å². The van der Waals surface area contributed by atoms with E-state index >= 15 is 0 Å². The lowest BCUT2D eigenvalue weighted by Gasteiger charge is -2.37. The summed E-state index contributed by atoms with van der Waals surface area (Å²) in [6.45, 7) is 4.04. The van der Waals surface area contributed by atoms with Crippen molar-refractivity contribution in [2.24, 2.45) is 0 Å². The molecular formula is C26H29F3N6O2. The van der Waals surface area contributed by atoms with E-state index in [1.807, 2.05) is 11.9 Å². The number of rotatable bonds is 8. The van der Waals surface area contributed by atoms with Crippen molar-refractivity contribution in [2.45, 2.75) is 45.1 Å². The molecule has 11 heteroatoms. The molecule has 0 aliphatic carbocycles. The second-order valence-corrected chi connectivity index (χ2v) is 8.96. The number of piperidine rings is 1. The van der Waals surface area contributed by atoms with Gasteiger partial charge in [0.05, 0.1) is 0 Å². The molecular weight excluding hydrogens is 485 g/mol. The van der Waals surface area contributed by atoms with Crippen LogP contribution in [0.15, 0.2) is 54.7 Å². The van der Waals surface area contributed by atoms with Crippen LogP contribution in [0, 0.1) is 0 Å². The molecule has 0 atom stereocenters. The van der Waals surface area contributed by atoms with Crippen LogP contribution in [0.25, 0.3) is 0 Å². The van der Waals surface area contributed by atoms with Gasteiger partial charge in [-0.05, 0) is 42.7 Å². The number of amides is 1. The maximum Gasteiger partial charge on any atom is 0.433 e. The van der Waals surface area contributed by atoms with E-state index in [1.54, 1.807) is 19.1 Å². The minimum absolute atomic E-state index is 0.0318. The Bertz CT molecular complexity index is 1160. The zero-order chi connectivity index (χ0) is 26.4. The van der Waals surface area contributed by atoms with Gasteiger partial charge in [0.2, 0.25) is 11.8 Å². The van der Waals surface area contributed by atoms with Gasteiger partial charge in [-0.3, -0.25) is 9.78 Å². The third-order valence-electron chi connectivity index (χ3n) is 6.43. The molecule has 4 rings (SSSR count). The highest BCUT2D eigenvalue weighted by Crippen LogP contribution is 2.27. The van der Waals surface area contributed by atoms with Gasteiger partial charge in [-0.2, -0.15) is 13.2 Å². The fraction of sp³-hybridized carbons (Fsp3) is 0.385. The number of hydrogen-bond donors (Lipinski definition) is 1. The predicted molar refractivity (Wildman–Crippen MR) is 133 cm³/mol. The van der Waals surface area contributed by atoms with E-state index in [-0.39, 0.29) is 18.4 Å². The largest absolute Gasteiger partial charge is 0.472 e. The molecule has 0 unspecified atom stereocenters. The summed E-state index contributed by atoms with van der Waals surface area (Å²) in [5, 5.41) is 11.3. The van der Waals surface area contributed by atoms with E-state index in [2.05, 4.69) is 49.7 Å². The molecule has 1 aromatic carbocycles. The Hall–Kier alpha value is -3.89. The number of alkyl halides is 3. The van der Waals surface area contributed by atoms with Crippen LogP contribution < -0.4 is 15.0 Å².